The normalized spacial score (nSPS) is 10.3. The fourth-order valence-electron chi connectivity index (χ4n) is 2.29. The average molecular weight is 399 g/mol. The van der Waals surface area contributed by atoms with E-state index in [9.17, 15) is 9.59 Å². The zero-order valence-electron chi connectivity index (χ0n) is 13.2. The van der Waals surface area contributed by atoms with Gasteiger partial charge in [0, 0.05) is 10.0 Å². The minimum absolute atomic E-state index is 0.278. The highest BCUT2D eigenvalue weighted by Gasteiger charge is 2.14. The summed E-state index contributed by atoms with van der Waals surface area (Å²) in [5, 5.41) is 5.56. The van der Waals surface area contributed by atoms with Gasteiger partial charge in [0.1, 0.15) is 5.76 Å². The molecule has 0 atom stereocenters. The number of furan rings is 1. The summed E-state index contributed by atoms with van der Waals surface area (Å²) in [4.78, 5) is 24.8. The molecule has 1 aromatic heterocycles. The summed E-state index contributed by atoms with van der Waals surface area (Å²) in [6.45, 7) is 0.278. The molecule has 0 unspecified atom stereocenters. The van der Waals surface area contributed by atoms with Crippen molar-refractivity contribution in [3.05, 3.63) is 88.3 Å². The Kier molecular flexibility index (Phi) is 5.30. The molecular formula is C19H15BrN2O3. The van der Waals surface area contributed by atoms with Gasteiger partial charge in [-0.15, -0.1) is 0 Å². The number of carbonyl (C=O) groups excluding carboxylic acids is 2. The molecule has 0 fully saturated rings. The Labute approximate surface area is 153 Å². The number of amides is 2. The maximum absolute atomic E-state index is 12.4. The molecule has 0 aliphatic carbocycles. The van der Waals surface area contributed by atoms with Crippen molar-refractivity contribution >= 4 is 33.4 Å². The molecule has 0 spiro atoms. The highest BCUT2D eigenvalue weighted by Crippen LogP contribution is 2.18. The van der Waals surface area contributed by atoms with E-state index in [4.69, 9.17) is 4.42 Å². The lowest BCUT2D eigenvalue weighted by molar-refractivity contribution is 0.0949. The van der Waals surface area contributed by atoms with Gasteiger partial charge in [-0.05, 0) is 42.5 Å². The van der Waals surface area contributed by atoms with Gasteiger partial charge in [-0.2, -0.15) is 0 Å². The van der Waals surface area contributed by atoms with Gasteiger partial charge in [-0.25, -0.2) is 0 Å². The summed E-state index contributed by atoms with van der Waals surface area (Å²) >= 11 is 3.34. The molecule has 6 heteroatoms. The third-order valence-corrected chi connectivity index (χ3v) is 4.00. The summed E-state index contributed by atoms with van der Waals surface area (Å²) in [5.74, 6) is 0.0816. The third-order valence-electron chi connectivity index (χ3n) is 3.51. The highest BCUT2D eigenvalue weighted by atomic mass is 79.9. The van der Waals surface area contributed by atoms with Crippen molar-refractivity contribution < 1.29 is 14.0 Å². The van der Waals surface area contributed by atoms with Crippen molar-refractivity contribution in [3.63, 3.8) is 0 Å². The van der Waals surface area contributed by atoms with Gasteiger partial charge in [0.05, 0.1) is 24.1 Å². The molecule has 126 valence electrons. The summed E-state index contributed by atoms with van der Waals surface area (Å²) in [7, 11) is 0. The Morgan fingerprint density at radius 1 is 0.960 bits per heavy atom. The van der Waals surface area contributed by atoms with E-state index in [0.717, 1.165) is 4.47 Å². The average Bonchev–Trinajstić information content (AvgIpc) is 3.13. The zero-order valence-corrected chi connectivity index (χ0v) is 14.7. The predicted molar refractivity (Wildman–Crippen MR) is 98.4 cm³/mol. The van der Waals surface area contributed by atoms with Gasteiger partial charge in [0.25, 0.3) is 11.8 Å². The van der Waals surface area contributed by atoms with Crippen LogP contribution in [0, 0.1) is 0 Å². The number of hydrogen-bond acceptors (Lipinski definition) is 3. The first kappa shape index (κ1) is 17.0. The molecule has 1 heterocycles. The van der Waals surface area contributed by atoms with Crippen LogP contribution in [0.25, 0.3) is 0 Å². The maximum atomic E-state index is 12.4. The van der Waals surface area contributed by atoms with Gasteiger partial charge in [-0.1, -0.05) is 34.1 Å². The van der Waals surface area contributed by atoms with E-state index in [0.29, 0.717) is 22.6 Å². The predicted octanol–water partition coefficient (Wildman–Crippen LogP) is 4.22. The van der Waals surface area contributed by atoms with Crippen LogP contribution in [0.3, 0.4) is 0 Å². The second-order valence-electron chi connectivity index (χ2n) is 5.27. The first-order chi connectivity index (χ1) is 12.1. The van der Waals surface area contributed by atoms with Crippen LogP contribution in [0.4, 0.5) is 5.69 Å². The van der Waals surface area contributed by atoms with Crippen LogP contribution in [0.5, 0.6) is 0 Å². The largest absolute Gasteiger partial charge is 0.467 e. The molecule has 0 saturated carbocycles. The number of rotatable bonds is 5. The lowest BCUT2D eigenvalue weighted by Gasteiger charge is -2.11. The van der Waals surface area contributed by atoms with Gasteiger partial charge in [-0.3, -0.25) is 9.59 Å². The number of carbonyl (C=O) groups is 2. The van der Waals surface area contributed by atoms with Crippen LogP contribution in [0.15, 0.2) is 75.8 Å². The lowest BCUT2D eigenvalue weighted by Crippen LogP contribution is -2.24. The van der Waals surface area contributed by atoms with Crippen LogP contribution in [0.1, 0.15) is 26.5 Å². The van der Waals surface area contributed by atoms with E-state index in [-0.39, 0.29) is 18.4 Å². The SMILES string of the molecule is O=C(Nc1ccccc1C(=O)NCc1ccco1)c1cccc(Br)c1. The van der Waals surface area contributed by atoms with Gasteiger partial charge >= 0.3 is 0 Å². The zero-order chi connectivity index (χ0) is 17.6. The number of para-hydroxylation sites is 1. The first-order valence-corrected chi connectivity index (χ1v) is 8.39. The Morgan fingerprint density at radius 2 is 1.80 bits per heavy atom. The summed E-state index contributed by atoms with van der Waals surface area (Å²) < 4.78 is 6.00. The number of anilines is 1. The Morgan fingerprint density at radius 3 is 2.56 bits per heavy atom. The van der Waals surface area contributed by atoms with E-state index in [1.807, 2.05) is 6.07 Å². The molecule has 0 radical (unpaired) electrons. The van der Waals surface area contributed by atoms with Crippen molar-refractivity contribution in [1.29, 1.82) is 0 Å². The lowest BCUT2D eigenvalue weighted by atomic mass is 10.1. The number of nitrogens with one attached hydrogen (secondary N) is 2. The molecule has 25 heavy (non-hydrogen) atoms. The molecule has 0 aliphatic rings. The minimum atomic E-state index is -0.290. The van der Waals surface area contributed by atoms with Crippen molar-refractivity contribution in [2.24, 2.45) is 0 Å². The number of halogens is 1. The topological polar surface area (TPSA) is 71.3 Å². The minimum Gasteiger partial charge on any atom is -0.467 e. The van der Waals surface area contributed by atoms with E-state index < -0.39 is 0 Å². The molecule has 0 bridgehead atoms. The highest BCUT2D eigenvalue weighted by molar-refractivity contribution is 9.10. The number of hydrogen-bond donors (Lipinski definition) is 2. The summed E-state index contributed by atoms with van der Waals surface area (Å²) in [6, 6.07) is 17.4. The molecule has 3 aromatic rings. The van der Waals surface area contributed by atoms with Gasteiger partial charge in [0.15, 0.2) is 0 Å². The standard InChI is InChI=1S/C19H15BrN2O3/c20-14-6-3-5-13(11-14)18(23)22-17-9-2-1-8-16(17)19(24)21-12-15-7-4-10-25-15/h1-11H,12H2,(H,21,24)(H,22,23). The second kappa shape index (κ2) is 7.81. The van der Waals surface area contributed by atoms with Crippen molar-refractivity contribution in [2.75, 3.05) is 5.32 Å². The molecule has 3 rings (SSSR count). The molecule has 2 aromatic carbocycles. The van der Waals surface area contributed by atoms with Crippen LogP contribution < -0.4 is 10.6 Å². The van der Waals surface area contributed by atoms with E-state index in [1.54, 1.807) is 60.9 Å². The van der Waals surface area contributed by atoms with Crippen LogP contribution in [-0.2, 0) is 6.54 Å². The van der Waals surface area contributed by atoms with Gasteiger partial charge < -0.3 is 15.1 Å². The molecule has 5 nitrogen and oxygen atoms in total. The molecule has 2 N–H and O–H groups in total. The molecule has 2 amide bonds. The van der Waals surface area contributed by atoms with Crippen LogP contribution in [-0.4, -0.2) is 11.8 Å². The summed E-state index contributed by atoms with van der Waals surface area (Å²) in [5.41, 5.74) is 1.34. The molecule has 0 aliphatic heterocycles. The Bertz CT molecular complexity index is 891. The van der Waals surface area contributed by atoms with Crippen LogP contribution in [0.2, 0.25) is 0 Å². The van der Waals surface area contributed by atoms with Crippen LogP contribution >= 0.6 is 15.9 Å². The van der Waals surface area contributed by atoms with E-state index in [1.165, 1.54) is 0 Å². The molecular weight excluding hydrogens is 384 g/mol. The molecule has 0 saturated heterocycles. The van der Waals surface area contributed by atoms with Gasteiger partial charge in [0.2, 0.25) is 0 Å². The fraction of sp³-hybridized carbons (Fsp3) is 0.0526. The summed E-state index contributed by atoms with van der Waals surface area (Å²) in [6.07, 6.45) is 1.55. The Hall–Kier alpha value is -2.86. The van der Waals surface area contributed by atoms with Crippen molar-refractivity contribution in [2.45, 2.75) is 6.54 Å². The van der Waals surface area contributed by atoms with E-state index in [2.05, 4.69) is 26.6 Å². The third kappa shape index (κ3) is 4.36. The first-order valence-electron chi connectivity index (χ1n) is 7.60. The smallest absolute Gasteiger partial charge is 0.255 e. The fourth-order valence-corrected chi connectivity index (χ4v) is 2.69. The quantitative estimate of drug-likeness (QED) is 0.675. The second-order valence-corrected chi connectivity index (χ2v) is 6.19. The maximum Gasteiger partial charge on any atom is 0.255 e. The van der Waals surface area contributed by atoms with Crippen molar-refractivity contribution in [3.8, 4) is 0 Å². The number of benzene rings is 2. The Balaban J connectivity index is 1.74. The van der Waals surface area contributed by atoms with E-state index >= 15 is 0 Å². The van der Waals surface area contributed by atoms with Crippen molar-refractivity contribution in [1.82, 2.24) is 5.32 Å². The monoisotopic (exact) mass is 398 g/mol.